The Morgan fingerprint density at radius 1 is 0.500 bits per heavy atom. The third-order valence-corrected chi connectivity index (χ3v) is 7.22. The number of aryl methyl sites for hydroxylation is 1. The summed E-state index contributed by atoms with van der Waals surface area (Å²) in [6.07, 6.45) is 0. The maximum Gasteiger partial charge on any atom is 0.0434 e. The highest BCUT2D eigenvalue weighted by Crippen LogP contribution is 2.44. The fourth-order valence-electron chi connectivity index (χ4n) is 4.53. The van der Waals surface area contributed by atoms with E-state index in [9.17, 15) is 0 Å². The molecule has 5 aromatic carbocycles. The van der Waals surface area contributed by atoms with Crippen molar-refractivity contribution in [2.24, 2.45) is 0 Å². The highest BCUT2D eigenvalue weighted by atomic mass is 32.1. The molecule has 0 saturated heterocycles. The van der Waals surface area contributed by atoms with Gasteiger partial charge in [-0.15, -0.1) is 11.3 Å². The molecule has 1 heterocycles. The molecule has 30 heavy (non-hydrogen) atoms. The molecule has 0 atom stereocenters. The topological polar surface area (TPSA) is 0 Å². The molecule has 6 rings (SSSR count). The van der Waals surface area contributed by atoms with Gasteiger partial charge in [-0.1, -0.05) is 109 Å². The molecule has 0 unspecified atom stereocenters. The van der Waals surface area contributed by atoms with Crippen molar-refractivity contribution in [3.63, 3.8) is 0 Å². The minimum atomic E-state index is 1.29. The van der Waals surface area contributed by atoms with Gasteiger partial charge in [0.2, 0.25) is 0 Å². The standard InChI is InChI=1S/C29H20S/c1-19-8-4-11-21(18-19)23-13-6-16-26-27-17-7-15-25(29(27)30-28(23)26)24-14-5-10-20-9-2-3-12-22(20)24/h2-18H,1H3. The molecule has 0 aliphatic carbocycles. The Balaban J connectivity index is 1.68. The van der Waals surface area contributed by atoms with Gasteiger partial charge in [-0.05, 0) is 34.4 Å². The van der Waals surface area contributed by atoms with Crippen molar-refractivity contribution in [3.05, 3.63) is 109 Å². The SMILES string of the molecule is Cc1cccc(-c2cccc3c2sc2c(-c4cccc5ccccc45)cccc23)c1. The lowest BCUT2D eigenvalue weighted by molar-refractivity contribution is 1.47. The molecule has 0 nitrogen and oxygen atoms in total. The van der Waals surface area contributed by atoms with Gasteiger partial charge in [-0.25, -0.2) is 0 Å². The van der Waals surface area contributed by atoms with E-state index in [-0.39, 0.29) is 0 Å². The van der Waals surface area contributed by atoms with Crippen molar-refractivity contribution in [1.29, 1.82) is 0 Å². The maximum atomic E-state index is 2.28. The molecule has 1 aromatic heterocycles. The quantitative estimate of drug-likeness (QED) is 0.272. The van der Waals surface area contributed by atoms with Crippen LogP contribution in [0.5, 0.6) is 0 Å². The number of benzene rings is 5. The largest absolute Gasteiger partial charge is 0.134 e. The van der Waals surface area contributed by atoms with E-state index in [2.05, 4.69) is 110 Å². The smallest absolute Gasteiger partial charge is 0.0434 e. The summed E-state index contributed by atoms with van der Waals surface area (Å²) in [6, 6.07) is 37.5. The average Bonchev–Trinajstić information content (AvgIpc) is 3.18. The summed E-state index contributed by atoms with van der Waals surface area (Å²) >= 11 is 1.92. The Morgan fingerprint density at radius 3 is 1.93 bits per heavy atom. The second kappa shape index (κ2) is 6.83. The van der Waals surface area contributed by atoms with Gasteiger partial charge in [0.05, 0.1) is 0 Å². The van der Waals surface area contributed by atoms with Gasteiger partial charge >= 0.3 is 0 Å². The molecular formula is C29H20S. The fourth-order valence-corrected chi connectivity index (χ4v) is 5.90. The van der Waals surface area contributed by atoms with E-state index in [1.54, 1.807) is 0 Å². The van der Waals surface area contributed by atoms with Crippen molar-refractivity contribution < 1.29 is 0 Å². The Hall–Kier alpha value is -3.42. The van der Waals surface area contributed by atoms with Crippen LogP contribution in [0.4, 0.5) is 0 Å². The van der Waals surface area contributed by atoms with Crippen LogP contribution in [-0.2, 0) is 0 Å². The normalized spacial score (nSPS) is 11.5. The van der Waals surface area contributed by atoms with E-state index in [4.69, 9.17) is 0 Å². The second-order valence-corrected chi connectivity index (χ2v) is 8.88. The molecular weight excluding hydrogens is 380 g/mol. The van der Waals surface area contributed by atoms with Crippen molar-refractivity contribution in [3.8, 4) is 22.3 Å². The maximum absolute atomic E-state index is 2.28. The molecule has 0 aliphatic rings. The molecule has 1 heteroatoms. The molecule has 6 aromatic rings. The highest BCUT2D eigenvalue weighted by Gasteiger charge is 2.14. The molecule has 0 N–H and O–H groups in total. The number of thiophene rings is 1. The summed E-state index contributed by atoms with van der Waals surface area (Å²) in [5.41, 5.74) is 6.53. The van der Waals surface area contributed by atoms with Gasteiger partial charge in [0.25, 0.3) is 0 Å². The van der Waals surface area contributed by atoms with E-state index in [1.165, 1.54) is 58.8 Å². The van der Waals surface area contributed by atoms with E-state index in [1.807, 2.05) is 11.3 Å². The van der Waals surface area contributed by atoms with Crippen LogP contribution < -0.4 is 0 Å². The Bertz CT molecular complexity index is 1550. The van der Waals surface area contributed by atoms with Crippen LogP contribution in [-0.4, -0.2) is 0 Å². The number of hydrogen-bond acceptors (Lipinski definition) is 1. The van der Waals surface area contributed by atoms with Crippen LogP contribution in [0, 0.1) is 6.92 Å². The third-order valence-electron chi connectivity index (χ3n) is 5.93. The fraction of sp³-hybridized carbons (Fsp3) is 0.0345. The minimum Gasteiger partial charge on any atom is -0.134 e. The third kappa shape index (κ3) is 2.67. The summed E-state index contributed by atoms with van der Waals surface area (Å²) in [7, 11) is 0. The molecule has 0 bridgehead atoms. The Labute approximate surface area is 180 Å². The first-order valence-electron chi connectivity index (χ1n) is 10.3. The molecule has 0 aliphatic heterocycles. The molecule has 0 fully saturated rings. The summed E-state index contributed by atoms with van der Waals surface area (Å²) in [6.45, 7) is 2.16. The van der Waals surface area contributed by atoms with Crippen LogP contribution in [0.25, 0.3) is 53.2 Å². The molecule has 0 radical (unpaired) electrons. The summed E-state index contributed by atoms with van der Waals surface area (Å²) in [5, 5.41) is 5.28. The van der Waals surface area contributed by atoms with Gasteiger partial charge in [-0.2, -0.15) is 0 Å². The van der Waals surface area contributed by atoms with E-state index < -0.39 is 0 Å². The van der Waals surface area contributed by atoms with E-state index >= 15 is 0 Å². The van der Waals surface area contributed by atoms with Gasteiger partial charge in [0.1, 0.15) is 0 Å². The first-order chi connectivity index (χ1) is 14.8. The predicted molar refractivity (Wildman–Crippen MR) is 132 cm³/mol. The van der Waals surface area contributed by atoms with Crippen molar-refractivity contribution in [1.82, 2.24) is 0 Å². The number of rotatable bonds is 2. The molecule has 142 valence electrons. The molecule has 0 spiro atoms. The second-order valence-electron chi connectivity index (χ2n) is 7.86. The van der Waals surface area contributed by atoms with Gasteiger partial charge in [-0.3, -0.25) is 0 Å². The zero-order valence-corrected chi connectivity index (χ0v) is 17.5. The molecule has 0 saturated carbocycles. The Kier molecular flexibility index (Phi) is 3.97. The van der Waals surface area contributed by atoms with Gasteiger partial charge < -0.3 is 0 Å². The van der Waals surface area contributed by atoms with Crippen LogP contribution in [0.15, 0.2) is 103 Å². The summed E-state index contributed by atoms with van der Waals surface area (Å²) in [4.78, 5) is 0. The number of fused-ring (bicyclic) bond motifs is 4. The lowest BCUT2D eigenvalue weighted by Gasteiger charge is -2.08. The van der Waals surface area contributed by atoms with E-state index in [0.29, 0.717) is 0 Å². The van der Waals surface area contributed by atoms with Crippen LogP contribution >= 0.6 is 11.3 Å². The molecule has 0 amide bonds. The van der Waals surface area contributed by atoms with Crippen molar-refractivity contribution in [2.75, 3.05) is 0 Å². The number of hydrogen-bond donors (Lipinski definition) is 0. The lowest BCUT2D eigenvalue weighted by Crippen LogP contribution is -1.81. The first-order valence-corrected chi connectivity index (χ1v) is 11.1. The first kappa shape index (κ1) is 17.4. The van der Waals surface area contributed by atoms with Crippen LogP contribution in [0.2, 0.25) is 0 Å². The van der Waals surface area contributed by atoms with Gasteiger partial charge in [0, 0.05) is 25.7 Å². The summed E-state index contributed by atoms with van der Waals surface area (Å²) in [5.74, 6) is 0. The Morgan fingerprint density at radius 2 is 1.10 bits per heavy atom. The average molecular weight is 401 g/mol. The van der Waals surface area contributed by atoms with Crippen LogP contribution in [0.1, 0.15) is 5.56 Å². The van der Waals surface area contributed by atoms with Crippen molar-refractivity contribution >= 4 is 42.3 Å². The summed E-state index contributed by atoms with van der Waals surface area (Å²) < 4.78 is 2.73. The highest BCUT2D eigenvalue weighted by molar-refractivity contribution is 7.26. The monoisotopic (exact) mass is 400 g/mol. The zero-order chi connectivity index (χ0) is 20.1. The van der Waals surface area contributed by atoms with Crippen molar-refractivity contribution in [2.45, 2.75) is 6.92 Å². The van der Waals surface area contributed by atoms with Gasteiger partial charge in [0.15, 0.2) is 0 Å². The van der Waals surface area contributed by atoms with Crippen LogP contribution in [0.3, 0.4) is 0 Å². The lowest BCUT2D eigenvalue weighted by atomic mass is 9.96. The zero-order valence-electron chi connectivity index (χ0n) is 16.7. The minimum absolute atomic E-state index is 1.29. The van der Waals surface area contributed by atoms with E-state index in [0.717, 1.165) is 0 Å². The predicted octanol–water partition coefficient (Wildman–Crippen LogP) is 8.85.